The van der Waals surface area contributed by atoms with Gasteiger partial charge in [0.1, 0.15) is 0 Å². The molecule has 1 aromatic carbocycles. The molecule has 1 aliphatic rings. The second-order valence-electron chi connectivity index (χ2n) is 6.69. The van der Waals surface area contributed by atoms with Gasteiger partial charge in [-0.1, -0.05) is 30.3 Å². The maximum atomic E-state index is 12.4. The van der Waals surface area contributed by atoms with E-state index in [9.17, 15) is 14.4 Å². The summed E-state index contributed by atoms with van der Waals surface area (Å²) in [5.41, 5.74) is 1.34. The molecule has 1 aromatic heterocycles. The zero-order valence-electron chi connectivity index (χ0n) is 15.5. The van der Waals surface area contributed by atoms with E-state index in [0.29, 0.717) is 51.0 Å². The van der Waals surface area contributed by atoms with Crippen molar-refractivity contribution in [3.05, 3.63) is 58.5 Å². The van der Waals surface area contributed by atoms with E-state index >= 15 is 0 Å². The number of hydrogen-bond acceptors (Lipinski definition) is 5. The lowest BCUT2D eigenvalue weighted by molar-refractivity contribution is -0.131. The highest BCUT2D eigenvalue weighted by Crippen LogP contribution is 2.14. The van der Waals surface area contributed by atoms with Gasteiger partial charge in [0, 0.05) is 57.7 Å². The average molecular weight is 368 g/mol. The molecule has 27 heavy (non-hydrogen) atoms. The molecule has 3 rings (SSSR count). The first-order valence-electron chi connectivity index (χ1n) is 9.19. The number of carbonyl (C=O) groups is 2. The Hall–Kier alpha value is -2.96. The third-order valence-electron chi connectivity index (χ3n) is 4.84. The molecule has 0 saturated carbocycles. The van der Waals surface area contributed by atoms with Crippen molar-refractivity contribution < 1.29 is 9.59 Å². The molecule has 0 unspecified atom stereocenters. The van der Waals surface area contributed by atoms with Gasteiger partial charge >= 0.3 is 0 Å². The number of piperazine rings is 1. The van der Waals surface area contributed by atoms with Gasteiger partial charge in [-0.3, -0.25) is 14.4 Å². The number of aryl methyl sites for hydroxylation is 1. The van der Waals surface area contributed by atoms with Crippen LogP contribution in [0.5, 0.6) is 0 Å². The van der Waals surface area contributed by atoms with E-state index in [1.165, 1.54) is 4.68 Å². The van der Waals surface area contributed by atoms with Crippen molar-refractivity contribution in [2.75, 3.05) is 31.1 Å². The van der Waals surface area contributed by atoms with Gasteiger partial charge in [-0.25, -0.2) is 4.68 Å². The molecule has 0 radical (unpaired) electrons. The quantitative estimate of drug-likeness (QED) is 0.722. The van der Waals surface area contributed by atoms with Crippen LogP contribution in [-0.2, 0) is 11.8 Å². The molecular formula is C20H24N4O3. The predicted octanol–water partition coefficient (Wildman–Crippen LogP) is 1.48. The Morgan fingerprint density at radius 2 is 1.74 bits per heavy atom. The van der Waals surface area contributed by atoms with E-state index in [1.807, 2.05) is 23.1 Å². The van der Waals surface area contributed by atoms with Crippen LogP contribution in [0.15, 0.2) is 47.4 Å². The Labute approximate surface area is 158 Å². The van der Waals surface area contributed by atoms with Crippen LogP contribution in [-0.4, -0.2) is 52.5 Å². The number of anilines is 1. The molecule has 0 aliphatic carbocycles. The second-order valence-corrected chi connectivity index (χ2v) is 6.69. The number of carbonyl (C=O) groups excluding carboxylic acids is 2. The molecule has 1 amide bonds. The fourth-order valence-electron chi connectivity index (χ4n) is 3.17. The van der Waals surface area contributed by atoms with Gasteiger partial charge in [0.25, 0.3) is 5.56 Å². The first-order valence-corrected chi connectivity index (χ1v) is 9.19. The Kier molecular flexibility index (Phi) is 6.01. The summed E-state index contributed by atoms with van der Waals surface area (Å²) < 4.78 is 1.29. The molecule has 2 heterocycles. The van der Waals surface area contributed by atoms with Crippen LogP contribution in [0.25, 0.3) is 0 Å². The van der Waals surface area contributed by atoms with Crippen molar-refractivity contribution in [3.8, 4) is 0 Å². The van der Waals surface area contributed by atoms with Crippen LogP contribution < -0.4 is 10.5 Å². The molecule has 7 heteroatoms. The van der Waals surface area contributed by atoms with Crippen LogP contribution in [0, 0.1) is 0 Å². The van der Waals surface area contributed by atoms with E-state index in [2.05, 4.69) is 10.00 Å². The average Bonchev–Trinajstić information content (AvgIpc) is 2.70. The van der Waals surface area contributed by atoms with Gasteiger partial charge in [-0.05, 0) is 6.42 Å². The van der Waals surface area contributed by atoms with E-state index < -0.39 is 0 Å². The zero-order valence-corrected chi connectivity index (χ0v) is 15.5. The van der Waals surface area contributed by atoms with E-state index in [1.54, 1.807) is 31.4 Å². The van der Waals surface area contributed by atoms with Gasteiger partial charge < -0.3 is 9.80 Å². The molecule has 1 fully saturated rings. The highest BCUT2D eigenvalue weighted by Gasteiger charge is 2.21. The van der Waals surface area contributed by atoms with Crippen molar-refractivity contribution in [2.45, 2.75) is 19.3 Å². The van der Waals surface area contributed by atoms with Crippen molar-refractivity contribution in [2.24, 2.45) is 7.05 Å². The van der Waals surface area contributed by atoms with Gasteiger partial charge in [-0.15, -0.1) is 0 Å². The normalized spacial score (nSPS) is 14.3. The van der Waals surface area contributed by atoms with Gasteiger partial charge in [0.05, 0.1) is 11.9 Å². The summed E-state index contributed by atoms with van der Waals surface area (Å²) in [7, 11) is 1.62. The third kappa shape index (κ3) is 4.81. The van der Waals surface area contributed by atoms with Crippen molar-refractivity contribution in [3.63, 3.8) is 0 Å². The Morgan fingerprint density at radius 3 is 2.41 bits per heavy atom. The number of nitrogens with zero attached hydrogens (tertiary/aromatic N) is 4. The van der Waals surface area contributed by atoms with Crippen LogP contribution in [0.2, 0.25) is 0 Å². The summed E-state index contributed by atoms with van der Waals surface area (Å²) >= 11 is 0. The topological polar surface area (TPSA) is 75.5 Å². The molecule has 1 aliphatic heterocycles. The van der Waals surface area contributed by atoms with E-state index in [0.717, 1.165) is 5.69 Å². The smallest absolute Gasteiger partial charge is 0.268 e. The number of rotatable bonds is 6. The van der Waals surface area contributed by atoms with Crippen molar-refractivity contribution >= 4 is 17.4 Å². The van der Waals surface area contributed by atoms with Crippen LogP contribution in [0.3, 0.4) is 0 Å². The summed E-state index contributed by atoms with van der Waals surface area (Å²) in [5, 5.41) is 4.04. The highest BCUT2D eigenvalue weighted by atomic mass is 16.2. The van der Waals surface area contributed by atoms with Gasteiger partial charge in [-0.2, -0.15) is 5.10 Å². The number of hydrogen-bond donors (Lipinski definition) is 0. The molecule has 142 valence electrons. The number of benzene rings is 1. The van der Waals surface area contributed by atoms with Crippen LogP contribution in [0.1, 0.15) is 29.6 Å². The Balaban J connectivity index is 1.44. The summed E-state index contributed by atoms with van der Waals surface area (Å²) in [6.45, 7) is 2.56. The minimum atomic E-state index is -0.144. The standard InChI is InChI=1S/C20H24N4O3/c1-22-20(27)14-17(15-21-22)23-10-12-24(13-11-23)19(26)9-5-8-18(25)16-6-3-2-4-7-16/h2-4,6-7,14-15H,5,8-13H2,1H3. The molecule has 1 saturated heterocycles. The third-order valence-corrected chi connectivity index (χ3v) is 4.84. The fourth-order valence-corrected chi connectivity index (χ4v) is 3.17. The SMILES string of the molecule is Cn1ncc(N2CCN(C(=O)CCCC(=O)c3ccccc3)CC2)cc1=O. The molecule has 0 N–H and O–H groups in total. The second kappa shape index (κ2) is 8.62. The summed E-state index contributed by atoms with van der Waals surface area (Å²) in [4.78, 5) is 40.1. The van der Waals surface area contributed by atoms with Gasteiger partial charge in [0.2, 0.25) is 5.91 Å². The fraction of sp³-hybridized carbons (Fsp3) is 0.400. The van der Waals surface area contributed by atoms with Crippen LogP contribution >= 0.6 is 0 Å². The molecule has 7 nitrogen and oxygen atoms in total. The van der Waals surface area contributed by atoms with E-state index in [4.69, 9.17) is 0 Å². The largest absolute Gasteiger partial charge is 0.367 e. The van der Waals surface area contributed by atoms with Crippen LogP contribution in [0.4, 0.5) is 5.69 Å². The first-order chi connectivity index (χ1) is 13.0. The first kappa shape index (κ1) is 18.8. The molecule has 0 spiro atoms. The maximum Gasteiger partial charge on any atom is 0.268 e. The molecule has 0 atom stereocenters. The minimum absolute atomic E-state index is 0.0753. The molecule has 2 aromatic rings. The number of aromatic nitrogens is 2. The monoisotopic (exact) mass is 368 g/mol. The predicted molar refractivity (Wildman–Crippen MR) is 103 cm³/mol. The Morgan fingerprint density at radius 1 is 1.04 bits per heavy atom. The molecule has 0 bridgehead atoms. The zero-order chi connectivity index (χ0) is 19.2. The van der Waals surface area contributed by atoms with Gasteiger partial charge in [0.15, 0.2) is 5.78 Å². The number of ketones is 1. The van der Waals surface area contributed by atoms with Crippen molar-refractivity contribution in [1.82, 2.24) is 14.7 Å². The lowest BCUT2D eigenvalue weighted by Crippen LogP contribution is -2.49. The van der Waals surface area contributed by atoms with Crippen molar-refractivity contribution in [1.29, 1.82) is 0 Å². The maximum absolute atomic E-state index is 12.4. The minimum Gasteiger partial charge on any atom is -0.367 e. The Bertz CT molecular complexity index is 855. The number of amides is 1. The summed E-state index contributed by atoms with van der Waals surface area (Å²) in [5.74, 6) is 0.156. The molecular weight excluding hydrogens is 344 g/mol. The van der Waals surface area contributed by atoms with E-state index in [-0.39, 0.29) is 17.2 Å². The summed E-state index contributed by atoms with van der Waals surface area (Å²) in [6, 6.07) is 10.7. The number of Topliss-reactive ketones (excluding diaryl/α,β-unsaturated/α-hetero) is 1. The lowest BCUT2D eigenvalue weighted by Gasteiger charge is -2.36. The highest BCUT2D eigenvalue weighted by molar-refractivity contribution is 5.96. The summed E-state index contributed by atoms with van der Waals surface area (Å²) in [6.07, 6.45) is 3.00. The lowest BCUT2D eigenvalue weighted by atomic mass is 10.1.